The minimum absolute atomic E-state index is 0.235. The molecule has 0 saturated heterocycles. The predicted molar refractivity (Wildman–Crippen MR) is 161 cm³/mol. The number of carboxylic acid groups (broad SMARTS) is 1. The van der Waals surface area contributed by atoms with Crippen molar-refractivity contribution in [3.05, 3.63) is 106 Å². The minimum Gasteiger partial charge on any atom is -0.479 e. The fourth-order valence-corrected chi connectivity index (χ4v) is 4.91. The Bertz CT molecular complexity index is 1390. The first-order valence-corrected chi connectivity index (χ1v) is 14.4. The first-order valence-electron chi connectivity index (χ1n) is 13.6. The van der Waals surface area contributed by atoms with Crippen LogP contribution in [0, 0.1) is 0 Å². The van der Waals surface area contributed by atoms with Gasteiger partial charge < -0.3 is 15.7 Å². The van der Waals surface area contributed by atoms with Gasteiger partial charge in [0, 0.05) is 15.7 Å². The molecule has 41 heavy (non-hydrogen) atoms. The van der Waals surface area contributed by atoms with Crippen molar-refractivity contribution in [2.24, 2.45) is 0 Å². The molecule has 9 heteroatoms. The van der Waals surface area contributed by atoms with E-state index in [1.165, 1.54) is 18.4 Å². The van der Waals surface area contributed by atoms with Gasteiger partial charge in [-0.15, -0.1) is 0 Å². The Morgan fingerprint density at radius 3 is 2.27 bits per heavy atom. The number of carbonyl (C=O) groups excluding carboxylic acids is 2. The van der Waals surface area contributed by atoms with E-state index in [0.717, 1.165) is 39.7 Å². The van der Waals surface area contributed by atoms with Gasteiger partial charge in [-0.2, -0.15) is 0 Å². The number of amides is 3. The highest BCUT2D eigenvalue weighted by Crippen LogP contribution is 2.29. The summed E-state index contributed by atoms with van der Waals surface area (Å²) in [5.41, 5.74) is 5.23. The SMILES string of the molecule is CC(NC(=O)N(Cc1ccc(C(=O)NCC(F)C(=O)O)cc1)c1ccc(C2=CCCCC2)cc1)c1ccc(Br)cc1. The molecule has 1 aliphatic carbocycles. The zero-order valence-electron chi connectivity index (χ0n) is 22.8. The van der Waals surface area contributed by atoms with E-state index >= 15 is 0 Å². The van der Waals surface area contributed by atoms with Crippen LogP contribution in [0.3, 0.4) is 0 Å². The van der Waals surface area contributed by atoms with Crippen molar-refractivity contribution in [1.82, 2.24) is 10.6 Å². The number of nitrogens with one attached hydrogen (secondary N) is 2. The van der Waals surface area contributed by atoms with E-state index in [1.807, 2.05) is 55.5 Å². The van der Waals surface area contributed by atoms with Gasteiger partial charge >= 0.3 is 12.0 Å². The van der Waals surface area contributed by atoms with Crippen molar-refractivity contribution in [1.29, 1.82) is 0 Å². The van der Waals surface area contributed by atoms with Gasteiger partial charge in [0.2, 0.25) is 6.17 Å². The molecule has 3 aromatic rings. The lowest BCUT2D eigenvalue weighted by Crippen LogP contribution is -2.40. The summed E-state index contributed by atoms with van der Waals surface area (Å²) >= 11 is 3.44. The smallest absolute Gasteiger partial charge is 0.340 e. The number of urea groups is 1. The van der Waals surface area contributed by atoms with Gasteiger partial charge in [-0.25, -0.2) is 14.0 Å². The molecule has 0 spiro atoms. The zero-order valence-corrected chi connectivity index (χ0v) is 24.4. The second-order valence-corrected chi connectivity index (χ2v) is 11.0. The molecule has 0 radical (unpaired) electrons. The topological polar surface area (TPSA) is 98.7 Å². The number of hydrogen-bond donors (Lipinski definition) is 3. The molecule has 3 amide bonds. The standard InChI is InChI=1S/C32H33BrFN3O4/c1-21(23-11-15-27(33)16-12-23)36-32(41)37(28-17-13-25(14-18-28)24-5-3-2-4-6-24)20-22-7-9-26(10-8-22)30(38)35-19-29(34)31(39)40/h5,7-18,21,29H,2-4,6,19-20H2,1H3,(H,35,38)(H,36,41)(H,39,40). The highest BCUT2D eigenvalue weighted by atomic mass is 79.9. The molecule has 3 N–H and O–H groups in total. The zero-order chi connectivity index (χ0) is 29.4. The monoisotopic (exact) mass is 621 g/mol. The lowest BCUT2D eigenvalue weighted by molar-refractivity contribution is -0.142. The number of aliphatic carboxylic acids is 1. The molecule has 2 atom stereocenters. The molecule has 0 aliphatic heterocycles. The second kappa shape index (κ2) is 14.1. The van der Waals surface area contributed by atoms with Crippen LogP contribution in [-0.4, -0.2) is 35.7 Å². The summed E-state index contributed by atoms with van der Waals surface area (Å²) in [6.07, 6.45) is 4.64. The number of carbonyl (C=O) groups is 3. The van der Waals surface area contributed by atoms with Crippen molar-refractivity contribution in [3.8, 4) is 0 Å². The first-order chi connectivity index (χ1) is 19.7. The van der Waals surface area contributed by atoms with Crippen LogP contribution in [0.1, 0.15) is 65.7 Å². The largest absolute Gasteiger partial charge is 0.479 e. The van der Waals surface area contributed by atoms with Gasteiger partial charge in [-0.05, 0) is 91.3 Å². The molecule has 3 aromatic carbocycles. The van der Waals surface area contributed by atoms with Gasteiger partial charge in [0.15, 0.2) is 0 Å². The molecule has 0 heterocycles. The number of rotatable bonds is 10. The summed E-state index contributed by atoms with van der Waals surface area (Å²) in [6.45, 7) is 1.55. The summed E-state index contributed by atoms with van der Waals surface area (Å²) in [7, 11) is 0. The van der Waals surface area contributed by atoms with Crippen LogP contribution < -0.4 is 15.5 Å². The molecule has 0 bridgehead atoms. The molecule has 0 aromatic heterocycles. The van der Waals surface area contributed by atoms with Crippen LogP contribution in [-0.2, 0) is 11.3 Å². The van der Waals surface area contributed by atoms with E-state index in [4.69, 9.17) is 5.11 Å². The van der Waals surface area contributed by atoms with E-state index < -0.39 is 24.6 Å². The van der Waals surface area contributed by atoms with E-state index in [-0.39, 0.29) is 24.2 Å². The van der Waals surface area contributed by atoms with Crippen molar-refractivity contribution in [3.63, 3.8) is 0 Å². The van der Waals surface area contributed by atoms with E-state index in [2.05, 4.69) is 32.6 Å². The molecular weight excluding hydrogens is 589 g/mol. The highest BCUT2D eigenvalue weighted by Gasteiger charge is 2.21. The number of anilines is 1. The van der Waals surface area contributed by atoms with Crippen LogP contribution in [0.2, 0.25) is 0 Å². The fraction of sp³-hybridized carbons (Fsp3) is 0.281. The highest BCUT2D eigenvalue weighted by molar-refractivity contribution is 9.10. The van der Waals surface area contributed by atoms with Crippen LogP contribution >= 0.6 is 15.9 Å². The summed E-state index contributed by atoms with van der Waals surface area (Å²) in [5, 5.41) is 14.0. The van der Waals surface area contributed by atoms with Crippen molar-refractivity contribution < 1.29 is 23.9 Å². The van der Waals surface area contributed by atoms with Gasteiger partial charge in [0.05, 0.1) is 19.1 Å². The average Bonchev–Trinajstić information content (AvgIpc) is 2.99. The van der Waals surface area contributed by atoms with Crippen LogP contribution in [0.4, 0.5) is 14.9 Å². The number of alkyl halides is 1. The number of carboxylic acids is 1. The molecule has 4 rings (SSSR count). The summed E-state index contributed by atoms with van der Waals surface area (Å²) in [5.74, 6) is -2.21. The molecule has 7 nitrogen and oxygen atoms in total. The van der Waals surface area contributed by atoms with Crippen LogP contribution in [0.15, 0.2) is 83.3 Å². The van der Waals surface area contributed by atoms with Gasteiger partial charge in [0.25, 0.3) is 5.91 Å². The number of halogens is 2. The van der Waals surface area contributed by atoms with E-state index in [9.17, 15) is 18.8 Å². The Morgan fingerprint density at radius 1 is 0.976 bits per heavy atom. The number of benzene rings is 3. The van der Waals surface area contributed by atoms with Crippen LogP contribution in [0.25, 0.3) is 5.57 Å². The van der Waals surface area contributed by atoms with Gasteiger partial charge in [0.1, 0.15) is 0 Å². The third-order valence-corrected chi connectivity index (χ3v) is 7.59. The van der Waals surface area contributed by atoms with Gasteiger partial charge in [-0.1, -0.05) is 58.4 Å². The second-order valence-electron chi connectivity index (χ2n) is 10.0. The molecular formula is C32H33BrFN3O4. The maximum Gasteiger partial charge on any atom is 0.340 e. The van der Waals surface area contributed by atoms with Crippen LogP contribution in [0.5, 0.6) is 0 Å². The molecule has 214 valence electrons. The van der Waals surface area contributed by atoms with E-state index in [1.54, 1.807) is 29.2 Å². The van der Waals surface area contributed by atoms with Gasteiger partial charge in [-0.3, -0.25) is 9.69 Å². The third-order valence-electron chi connectivity index (χ3n) is 7.06. The fourth-order valence-electron chi connectivity index (χ4n) is 4.65. The maximum absolute atomic E-state index is 13.6. The first kappa shape index (κ1) is 30.0. The Balaban J connectivity index is 1.52. The Morgan fingerprint density at radius 2 is 1.66 bits per heavy atom. The van der Waals surface area contributed by atoms with Crippen molar-refractivity contribution >= 4 is 45.1 Å². The van der Waals surface area contributed by atoms with Crippen molar-refractivity contribution in [2.45, 2.75) is 51.4 Å². The Kier molecular flexibility index (Phi) is 10.3. The molecule has 1 aliphatic rings. The third kappa shape index (κ3) is 8.27. The predicted octanol–water partition coefficient (Wildman–Crippen LogP) is 7.04. The number of nitrogens with zero attached hydrogens (tertiary/aromatic N) is 1. The number of allylic oxidation sites excluding steroid dienone is 2. The summed E-state index contributed by atoms with van der Waals surface area (Å²) < 4.78 is 14.3. The molecule has 0 saturated carbocycles. The van der Waals surface area contributed by atoms with E-state index in [0.29, 0.717) is 0 Å². The van der Waals surface area contributed by atoms with Crippen molar-refractivity contribution in [2.75, 3.05) is 11.4 Å². The quantitative estimate of drug-likeness (QED) is 0.226. The number of hydrogen-bond acceptors (Lipinski definition) is 3. The Labute approximate surface area is 247 Å². The average molecular weight is 623 g/mol. The lowest BCUT2D eigenvalue weighted by atomic mass is 9.93. The molecule has 0 fully saturated rings. The Hall–Kier alpha value is -3.98. The minimum atomic E-state index is -2.18. The molecule has 2 unspecified atom stereocenters. The summed E-state index contributed by atoms with van der Waals surface area (Å²) in [4.78, 5) is 38.2. The maximum atomic E-state index is 13.6. The normalized spacial score (nSPS) is 14.4. The summed E-state index contributed by atoms with van der Waals surface area (Å²) in [6, 6.07) is 21.8. The lowest BCUT2D eigenvalue weighted by Gasteiger charge is -2.26.